The van der Waals surface area contributed by atoms with Crippen LogP contribution in [-0.2, 0) is 16.0 Å². The molecule has 0 spiro atoms. The minimum absolute atomic E-state index is 0.229. The third kappa shape index (κ3) is 5.55. The molecule has 1 aromatic carbocycles. The molecule has 0 aromatic heterocycles. The van der Waals surface area contributed by atoms with E-state index in [0.717, 1.165) is 52.0 Å². The Balaban J connectivity index is 1.40. The molecule has 2 saturated heterocycles. The quantitative estimate of drug-likeness (QED) is 0.799. The van der Waals surface area contributed by atoms with Crippen LogP contribution in [0.3, 0.4) is 0 Å². The highest BCUT2D eigenvalue weighted by Gasteiger charge is 2.27. The van der Waals surface area contributed by atoms with Crippen LogP contribution in [0.15, 0.2) is 24.3 Å². The van der Waals surface area contributed by atoms with Gasteiger partial charge in [-0.1, -0.05) is 29.8 Å². The lowest BCUT2D eigenvalue weighted by atomic mass is 10.0. The van der Waals surface area contributed by atoms with Crippen molar-refractivity contribution in [1.29, 1.82) is 0 Å². The average Bonchev–Trinajstić information content (AvgIpc) is 2.67. The fourth-order valence-electron chi connectivity index (χ4n) is 4.18. The maximum Gasteiger partial charge on any atom is 0.236 e. The number of nitrogens with zero attached hydrogens (tertiary/aromatic N) is 3. The van der Waals surface area contributed by atoms with Crippen LogP contribution in [0.4, 0.5) is 0 Å². The van der Waals surface area contributed by atoms with Crippen molar-refractivity contribution in [2.45, 2.75) is 52.0 Å². The number of hydrogen-bond acceptors (Lipinski definition) is 3. The Hall–Kier alpha value is -1.88. The molecule has 0 bridgehead atoms. The summed E-state index contributed by atoms with van der Waals surface area (Å²) in [5, 5.41) is 0. The molecule has 1 unspecified atom stereocenters. The van der Waals surface area contributed by atoms with Gasteiger partial charge in [0.15, 0.2) is 0 Å². The Morgan fingerprint density at radius 1 is 1.04 bits per heavy atom. The molecule has 0 N–H and O–H groups in total. The van der Waals surface area contributed by atoms with Gasteiger partial charge < -0.3 is 9.80 Å². The Labute approximate surface area is 163 Å². The lowest BCUT2D eigenvalue weighted by Gasteiger charge is -2.38. The first-order valence-electron chi connectivity index (χ1n) is 10.4. The second kappa shape index (κ2) is 9.36. The number of amides is 2. The zero-order chi connectivity index (χ0) is 19.2. The van der Waals surface area contributed by atoms with E-state index in [9.17, 15) is 9.59 Å². The summed E-state index contributed by atoms with van der Waals surface area (Å²) in [6.07, 6.45) is 4.84. The van der Waals surface area contributed by atoms with E-state index in [1.165, 1.54) is 17.5 Å². The summed E-state index contributed by atoms with van der Waals surface area (Å²) in [6.45, 7) is 8.69. The van der Waals surface area contributed by atoms with Gasteiger partial charge in [-0.15, -0.1) is 0 Å². The number of carbonyl (C=O) groups excluding carboxylic acids is 2. The van der Waals surface area contributed by atoms with Crippen molar-refractivity contribution in [3.8, 4) is 0 Å². The van der Waals surface area contributed by atoms with Crippen LogP contribution >= 0.6 is 0 Å². The molecular formula is C22H33N3O2. The lowest BCUT2D eigenvalue weighted by Crippen LogP contribution is -2.53. The predicted molar refractivity (Wildman–Crippen MR) is 108 cm³/mol. The molecule has 5 heteroatoms. The number of likely N-dealkylation sites (tertiary alicyclic amines) is 1. The number of piperidine rings is 1. The number of aryl methyl sites for hydroxylation is 2. The molecule has 2 aliphatic rings. The minimum Gasteiger partial charge on any atom is -0.340 e. The highest BCUT2D eigenvalue weighted by Crippen LogP contribution is 2.17. The van der Waals surface area contributed by atoms with Gasteiger partial charge in [0, 0.05) is 45.2 Å². The van der Waals surface area contributed by atoms with E-state index in [2.05, 4.69) is 36.9 Å². The molecule has 1 aromatic rings. The molecule has 2 heterocycles. The maximum absolute atomic E-state index is 12.6. The summed E-state index contributed by atoms with van der Waals surface area (Å²) in [5.41, 5.74) is 2.46. The van der Waals surface area contributed by atoms with E-state index in [0.29, 0.717) is 19.0 Å². The van der Waals surface area contributed by atoms with Crippen molar-refractivity contribution < 1.29 is 9.59 Å². The standard InChI is InChI=1S/C22H33N3O2/c1-18-6-5-8-20(16-18)9-10-21(26)24-14-12-23(13-15-24)17-22(27)25-11-4-3-7-19(25)2/h5-6,8,16,19H,3-4,7,9-15,17H2,1-2H3. The first-order valence-corrected chi connectivity index (χ1v) is 10.4. The Morgan fingerprint density at radius 2 is 1.81 bits per heavy atom. The van der Waals surface area contributed by atoms with E-state index < -0.39 is 0 Å². The predicted octanol–water partition coefficient (Wildman–Crippen LogP) is 2.47. The fraction of sp³-hybridized carbons (Fsp3) is 0.636. The average molecular weight is 372 g/mol. The van der Waals surface area contributed by atoms with Gasteiger partial charge >= 0.3 is 0 Å². The summed E-state index contributed by atoms with van der Waals surface area (Å²) >= 11 is 0. The smallest absolute Gasteiger partial charge is 0.236 e. The molecule has 27 heavy (non-hydrogen) atoms. The molecular weight excluding hydrogens is 338 g/mol. The first-order chi connectivity index (χ1) is 13.0. The van der Waals surface area contributed by atoms with Gasteiger partial charge in [0.2, 0.25) is 11.8 Å². The number of piperazine rings is 1. The van der Waals surface area contributed by atoms with E-state index in [1.807, 2.05) is 15.9 Å². The van der Waals surface area contributed by atoms with E-state index in [1.54, 1.807) is 0 Å². The zero-order valence-electron chi connectivity index (χ0n) is 16.8. The summed E-state index contributed by atoms with van der Waals surface area (Å²) in [6, 6.07) is 8.74. The van der Waals surface area contributed by atoms with Gasteiger partial charge in [0.25, 0.3) is 0 Å². The molecule has 0 saturated carbocycles. The van der Waals surface area contributed by atoms with E-state index in [4.69, 9.17) is 0 Å². The van der Waals surface area contributed by atoms with Crippen molar-refractivity contribution in [1.82, 2.24) is 14.7 Å². The van der Waals surface area contributed by atoms with Crippen molar-refractivity contribution >= 4 is 11.8 Å². The monoisotopic (exact) mass is 371 g/mol. The molecule has 3 rings (SSSR count). The van der Waals surface area contributed by atoms with Crippen LogP contribution in [0, 0.1) is 6.92 Å². The molecule has 2 amide bonds. The lowest BCUT2D eigenvalue weighted by molar-refractivity contribution is -0.137. The summed E-state index contributed by atoms with van der Waals surface area (Å²) in [5.74, 6) is 0.480. The van der Waals surface area contributed by atoms with Gasteiger partial charge in [-0.3, -0.25) is 14.5 Å². The van der Waals surface area contributed by atoms with Gasteiger partial charge in [-0.25, -0.2) is 0 Å². The molecule has 0 radical (unpaired) electrons. The number of hydrogen-bond donors (Lipinski definition) is 0. The first kappa shape index (κ1) is 19.9. The van der Waals surface area contributed by atoms with Gasteiger partial charge in [0.05, 0.1) is 6.54 Å². The second-order valence-corrected chi connectivity index (χ2v) is 8.08. The summed E-state index contributed by atoms with van der Waals surface area (Å²) in [4.78, 5) is 31.3. The van der Waals surface area contributed by atoms with E-state index >= 15 is 0 Å². The third-order valence-corrected chi connectivity index (χ3v) is 5.92. The second-order valence-electron chi connectivity index (χ2n) is 8.08. The van der Waals surface area contributed by atoms with Gasteiger partial charge in [-0.2, -0.15) is 0 Å². The molecule has 2 aliphatic heterocycles. The van der Waals surface area contributed by atoms with Crippen molar-refractivity contribution in [3.05, 3.63) is 35.4 Å². The number of carbonyl (C=O) groups is 2. The zero-order valence-corrected chi connectivity index (χ0v) is 16.8. The van der Waals surface area contributed by atoms with Crippen LogP contribution in [0.1, 0.15) is 43.7 Å². The Morgan fingerprint density at radius 3 is 2.52 bits per heavy atom. The third-order valence-electron chi connectivity index (χ3n) is 5.92. The Kier molecular flexibility index (Phi) is 6.89. The molecule has 0 aliphatic carbocycles. The summed E-state index contributed by atoms with van der Waals surface area (Å²) < 4.78 is 0. The molecule has 148 valence electrons. The van der Waals surface area contributed by atoms with Crippen molar-refractivity contribution in [2.24, 2.45) is 0 Å². The summed E-state index contributed by atoms with van der Waals surface area (Å²) in [7, 11) is 0. The van der Waals surface area contributed by atoms with Crippen LogP contribution < -0.4 is 0 Å². The molecule has 2 fully saturated rings. The van der Waals surface area contributed by atoms with Crippen LogP contribution in [0.2, 0.25) is 0 Å². The topological polar surface area (TPSA) is 43.9 Å². The van der Waals surface area contributed by atoms with Gasteiger partial charge in [-0.05, 0) is 45.1 Å². The van der Waals surface area contributed by atoms with Crippen LogP contribution in [-0.4, -0.2) is 71.8 Å². The normalized spacial score (nSPS) is 21.3. The largest absolute Gasteiger partial charge is 0.340 e. The SMILES string of the molecule is Cc1cccc(CCC(=O)N2CCN(CC(=O)N3CCCCC3C)CC2)c1. The van der Waals surface area contributed by atoms with Crippen molar-refractivity contribution in [3.63, 3.8) is 0 Å². The number of rotatable bonds is 5. The maximum atomic E-state index is 12.6. The van der Waals surface area contributed by atoms with E-state index in [-0.39, 0.29) is 11.8 Å². The van der Waals surface area contributed by atoms with Crippen LogP contribution in [0.25, 0.3) is 0 Å². The van der Waals surface area contributed by atoms with Crippen LogP contribution in [0.5, 0.6) is 0 Å². The van der Waals surface area contributed by atoms with Gasteiger partial charge in [0.1, 0.15) is 0 Å². The molecule has 1 atom stereocenters. The fourth-order valence-corrected chi connectivity index (χ4v) is 4.18. The molecule has 5 nitrogen and oxygen atoms in total. The highest BCUT2D eigenvalue weighted by molar-refractivity contribution is 5.79. The highest BCUT2D eigenvalue weighted by atomic mass is 16.2. The number of benzene rings is 1. The van der Waals surface area contributed by atoms with Crippen molar-refractivity contribution in [2.75, 3.05) is 39.3 Å². The Bertz CT molecular complexity index is 653. The minimum atomic E-state index is 0.229.